The molecule has 2 unspecified atom stereocenters. The van der Waals surface area contributed by atoms with Crippen LogP contribution in [-0.2, 0) is 0 Å². The quantitative estimate of drug-likeness (QED) is 0.529. The molecule has 1 heterocycles. The van der Waals surface area contributed by atoms with Crippen molar-refractivity contribution >= 4 is 29.5 Å². The third-order valence-corrected chi connectivity index (χ3v) is 2.88. The van der Waals surface area contributed by atoms with Crippen LogP contribution in [0.15, 0.2) is 12.3 Å². The van der Waals surface area contributed by atoms with Gasteiger partial charge in [-0.3, -0.25) is 4.58 Å². The Kier molecular flexibility index (Phi) is 6.13. The van der Waals surface area contributed by atoms with E-state index in [1.807, 2.05) is 28.1 Å². The molecule has 0 saturated carbocycles. The lowest BCUT2D eigenvalue weighted by atomic mass is 10.3. The number of alkyl halides is 2. The topological polar surface area (TPSA) is 46.7 Å². The zero-order valence-electron chi connectivity index (χ0n) is 8.97. The normalized spacial score (nSPS) is 19.5. The third-order valence-electron chi connectivity index (χ3n) is 2.17. The molecule has 0 saturated heterocycles. The Morgan fingerprint density at radius 3 is 2.56 bits per heavy atom. The van der Waals surface area contributed by atoms with E-state index in [2.05, 4.69) is 0 Å². The molecule has 0 amide bonds. The number of nitrogens with zero attached hydrogens (tertiary/aromatic N) is 2. The summed E-state index contributed by atoms with van der Waals surface area (Å²) in [4.78, 5) is 1.84. The number of hydrogen-bond acceptors (Lipinski definition) is 3. The fourth-order valence-corrected chi connectivity index (χ4v) is 1.65. The Balaban J connectivity index is 2.47. The molecule has 0 spiro atoms. The summed E-state index contributed by atoms with van der Waals surface area (Å²) in [5.74, 6) is 0.431. The molecule has 0 aromatic rings. The summed E-state index contributed by atoms with van der Waals surface area (Å²) in [6.45, 7) is 1.68. The second-order valence-corrected chi connectivity index (χ2v) is 4.38. The van der Waals surface area contributed by atoms with Crippen molar-refractivity contribution in [2.24, 2.45) is 0 Å². The highest BCUT2D eigenvalue weighted by atomic mass is 35.5. The van der Waals surface area contributed by atoms with Crippen LogP contribution in [0, 0.1) is 0 Å². The van der Waals surface area contributed by atoms with Gasteiger partial charge in [-0.1, -0.05) is 0 Å². The van der Waals surface area contributed by atoms with Gasteiger partial charge in [0.05, 0.1) is 18.0 Å². The Bertz CT molecular complexity index is 272. The summed E-state index contributed by atoms with van der Waals surface area (Å²) in [6, 6.07) is 0. The molecule has 2 N–H and O–H groups in total. The standard InChI is InChI=1S/C10H17Cl2N2O2/c11-4-9(15)6-13-2-1-3-14(8-13)7-10(16)5-12/h1-2,8-10,15-16H,3-7H2/q+1. The number of aliphatic hydroxyl groups is 2. The summed E-state index contributed by atoms with van der Waals surface area (Å²) in [6.07, 6.45) is 4.61. The first-order chi connectivity index (χ1) is 7.65. The average Bonchev–Trinajstić information content (AvgIpc) is 2.29. The number of rotatable bonds is 6. The smallest absolute Gasteiger partial charge is 0.239 e. The average molecular weight is 268 g/mol. The molecule has 2 atom stereocenters. The van der Waals surface area contributed by atoms with Crippen LogP contribution >= 0.6 is 23.2 Å². The van der Waals surface area contributed by atoms with E-state index in [1.165, 1.54) is 0 Å². The number of halogens is 2. The minimum absolute atomic E-state index is 0.211. The molecule has 1 aliphatic heterocycles. The maximum absolute atomic E-state index is 9.42. The molecule has 0 fully saturated rings. The van der Waals surface area contributed by atoms with Gasteiger partial charge >= 0.3 is 0 Å². The van der Waals surface area contributed by atoms with E-state index in [-0.39, 0.29) is 11.8 Å². The van der Waals surface area contributed by atoms with E-state index in [0.29, 0.717) is 13.1 Å². The maximum atomic E-state index is 9.42. The van der Waals surface area contributed by atoms with Crippen molar-refractivity contribution in [3.63, 3.8) is 0 Å². The van der Waals surface area contributed by atoms with Crippen molar-refractivity contribution in [3.8, 4) is 0 Å². The third kappa shape index (κ3) is 4.70. The molecule has 0 aromatic carbocycles. The van der Waals surface area contributed by atoms with Crippen LogP contribution in [0.4, 0.5) is 0 Å². The summed E-state index contributed by atoms with van der Waals surface area (Å²) in [5.41, 5.74) is 0. The molecule has 4 nitrogen and oxygen atoms in total. The number of hydrogen-bond donors (Lipinski definition) is 2. The Hall–Kier alpha value is -0.290. The largest absolute Gasteiger partial charge is 0.388 e. The summed E-state index contributed by atoms with van der Waals surface area (Å²) in [5, 5.41) is 18.8. The van der Waals surface area contributed by atoms with E-state index in [9.17, 15) is 10.2 Å². The highest BCUT2D eigenvalue weighted by Gasteiger charge is 2.17. The molecule has 16 heavy (non-hydrogen) atoms. The maximum Gasteiger partial charge on any atom is 0.239 e. The minimum Gasteiger partial charge on any atom is -0.388 e. The Labute approximate surface area is 105 Å². The van der Waals surface area contributed by atoms with Gasteiger partial charge in [0.15, 0.2) is 0 Å². The minimum atomic E-state index is -0.555. The van der Waals surface area contributed by atoms with Crippen molar-refractivity contribution < 1.29 is 14.8 Å². The molecule has 1 rings (SSSR count). The van der Waals surface area contributed by atoms with Crippen LogP contribution in [0.25, 0.3) is 0 Å². The Morgan fingerprint density at radius 1 is 1.25 bits per heavy atom. The molecule has 0 aromatic heterocycles. The fourth-order valence-electron chi connectivity index (χ4n) is 1.45. The zero-order valence-corrected chi connectivity index (χ0v) is 10.5. The zero-order chi connectivity index (χ0) is 12.0. The van der Waals surface area contributed by atoms with Gasteiger partial charge in [0.25, 0.3) is 0 Å². The van der Waals surface area contributed by atoms with Gasteiger partial charge in [-0.25, -0.2) is 4.90 Å². The summed E-state index contributed by atoms with van der Waals surface area (Å²) >= 11 is 11.1. The lowest BCUT2D eigenvalue weighted by Gasteiger charge is -2.18. The van der Waals surface area contributed by atoms with E-state index in [0.717, 1.165) is 6.54 Å². The Morgan fingerprint density at radius 2 is 1.94 bits per heavy atom. The SMILES string of the molecule is OC(CCl)CN1C=CC[N+](CC(O)CCl)=C1. The van der Waals surface area contributed by atoms with E-state index < -0.39 is 12.2 Å². The molecule has 0 aliphatic carbocycles. The molecule has 6 heteroatoms. The summed E-state index contributed by atoms with van der Waals surface area (Å²) < 4.78 is 1.94. The van der Waals surface area contributed by atoms with Crippen LogP contribution in [0.5, 0.6) is 0 Å². The van der Waals surface area contributed by atoms with Gasteiger partial charge in [0.2, 0.25) is 6.34 Å². The van der Waals surface area contributed by atoms with Crippen LogP contribution in [0.1, 0.15) is 0 Å². The van der Waals surface area contributed by atoms with Crippen molar-refractivity contribution in [1.29, 1.82) is 0 Å². The van der Waals surface area contributed by atoms with Crippen LogP contribution in [-0.4, -0.2) is 69.6 Å². The van der Waals surface area contributed by atoms with E-state index in [1.54, 1.807) is 0 Å². The molecule has 0 bridgehead atoms. The molecular weight excluding hydrogens is 251 g/mol. The second-order valence-electron chi connectivity index (χ2n) is 3.77. The lowest BCUT2D eigenvalue weighted by Crippen LogP contribution is -2.37. The van der Waals surface area contributed by atoms with Gasteiger partial charge in [-0.05, 0) is 6.08 Å². The van der Waals surface area contributed by atoms with Crippen LogP contribution in [0.2, 0.25) is 0 Å². The van der Waals surface area contributed by atoms with Gasteiger partial charge in [0, 0.05) is 0 Å². The molecule has 1 aliphatic rings. The number of β-amino-alcohol motifs (C(OH)–C–C–N with tert-alkyl or cyclic N) is 2. The van der Waals surface area contributed by atoms with Crippen molar-refractivity contribution in [2.75, 3.05) is 31.4 Å². The lowest BCUT2D eigenvalue weighted by molar-refractivity contribution is -0.527. The van der Waals surface area contributed by atoms with E-state index in [4.69, 9.17) is 23.2 Å². The first kappa shape index (κ1) is 13.8. The number of aliphatic hydroxyl groups excluding tert-OH is 2. The fraction of sp³-hybridized carbons (Fsp3) is 0.700. The van der Waals surface area contributed by atoms with Gasteiger partial charge in [-0.2, -0.15) is 0 Å². The second kappa shape index (κ2) is 7.12. The first-order valence-electron chi connectivity index (χ1n) is 5.15. The van der Waals surface area contributed by atoms with Crippen molar-refractivity contribution in [2.45, 2.75) is 12.2 Å². The molecule has 92 valence electrons. The monoisotopic (exact) mass is 267 g/mol. The van der Waals surface area contributed by atoms with Crippen molar-refractivity contribution in [1.82, 2.24) is 4.90 Å². The van der Waals surface area contributed by atoms with E-state index >= 15 is 0 Å². The highest BCUT2D eigenvalue weighted by Crippen LogP contribution is 1.99. The van der Waals surface area contributed by atoms with Crippen LogP contribution in [0.3, 0.4) is 0 Å². The first-order valence-corrected chi connectivity index (χ1v) is 6.22. The molecule has 0 radical (unpaired) electrons. The van der Waals surface area contributed by atoms with Gasteiger partial charge in [0.1, 0.15) is 31.8 Å². The summed E-state index contributed by atoms with van der Waals surface area (Å²) in [7, 11) is 0. The highest BCUT2D eigenvalue weighted by molar-refractivity contribution is 6.18. The van der Waals surface area contributed by atoms with Crippen LogP contribution < -0.4 is 0 Å². The molecular formula is C10H17Cl2N2O2+. The predicted molar refractivity (Wildman–Crippen MR) is 65.4 cm³/mol. The predicted octanol–water partition coefficient (Wildman–Crippen LogP) is 0.0559. The van der Waals surface area contributed by atoms with Crippen molar-refractivity contribution in [3.05, 3.63) is 12.3 Å². The van der Waals surface area contributed by atoms with Gasteiger partial charge < -0.3 is 10.2 Å². The van der Waals surface area contributed by atoms with Gasteiger partial charge in [-0.15, -0.1) is 23.2 Å².